The van der Waals surface area contributed by atoms with Crippen LogP contribution < -0.4 is 0 Å². The number of hydrogen-bond donors (Lipinski definition) is 1. The summed E-state index contributed by atoms with van der Waals surface area (Å²) in [5.41, 5.74) is 1.66. The van der Waals surface area contributed by atoms with Gasteiger partial charge >= 0.3 is 6.09 Å². The van der Waals surface area contributed by atoms with Gasteiger partial charge < -0.3 is 9.84 Å². The van der Waals surface area contributed by atoms with Gasteiger partial charge in [0.15, 0.2) is 0 Å². The summed E-state index contributed by atoms with van der Waals surface area (Å²) in [6, 6.07) is 16.8. The molecular formula is C20H25NO5S. The fourth-order valence-electron chi connectivity index (χ4n) is 2.45. The van der Waals surface area contributed by atoms with Crippen LogP contribution in [-0.2, 0) is 14.8 Å². The molecule has 1 unspecified atom stereocenters. The van der Waals surface area contributed by atoms with Gasteiger partial charge in [0, 0.05) is 0 Å². The van der Waals surface area contributed by atoms with E-state index in [0.717, 1.165) is 17.4 Å². The molecule has 1 amide bonds. The maximum Gasteiger partial charge on any atom is 0.424 e. The lowest BCUT2D eigenvalue weighted by Crippen LogP contribution is -2.42. The second-order valence-electron chi connectivity index (χ2n) is 7.28. The van der Waals surface area contributed by atoms with Gasteiger partial charge in [0.05, 0.1) is 18.9 Å². The van der Waals surface area contributed by atoms with Crippen LogP contribution in [0.15, 0.2) is 54.6 Å². The second kappa shape index (κ2) is 8.10. The Morgan fingerprint density at radius 3 is 2.04 bits per heavy atom. The average Bonchev–Trinajstić information content (AvgIpc) is 2.57. The summed E-state index contributed by atoms with van der Waals surface area (Å²) < 4.78 is 29.6. The first-order valence-electron chi connectivity index (χ1n) is 8.51. The Bertz CT molecular complexity index is 871. The number of nitrogens with zero attached hydrogens (tertiary/aromatic N) is 1. The minimum Gasteiger partial charge on any atom is -0.443 e. The van der Waals surface area contributed by atoms with Crippen LogP contribution in [0.2, 0.25) is 0 Å². The molecule has 0 saturated carbocycles. The normalized spacial score (nSPS) is 13.1. The summed E-state index contributed by atoms with van der Waals surface area (Å²) in [7, 11) is -3.89. The van der Waals surface area contributed by atoms with Gasteiger partial charge in [-0.15, -0.1) is 0 Å². The molecule has 27 heavy (non-hydrogen) atoms. The van der Waals surface area contributed by atoms with Gasteiger partial charge in [-0.1, -0.05) is 54.6 Å². The van der Waals surface area contributed by atoms with Gasteiger partial charge in [-0.25, -0.2) is 17.5 Å². The number of benzene rings is 2. The van der Waals surface area contributed by atoms with Crippen molar-refractivity contribution in [2.45, 2.75) is 32.5 Å². The van der Waals surface area contributed by atoms with E-state index in [0.29, 0.717) is 9.87 Å². The Morgan fingerprint density at radius 1 is 1.04 bits per heavy atom. The summed E-state index contributed by atoms with van der Waals surface area (Å²) in [5.74, 6) is 0. The first kappa shape index (κ1) is 20.9. The third-order valence-electron chi connectivity index (χ3n) is 3.74. The van der Waals surface area contributed by atoms with Crippen molar-refractivity contribution < 1.29 is 23.1 Å². The standard InChI is InChI=1S/C20H25NO5S/c1-20(2,3)26-19(23)21(27(4,24)25)14-18(22)17-12-10-16(11-13-17)15-8-6-5-7-9-15/h5-13,18,22H,14H2,1-4H3. The lowest BCUT2D eigenvalue weighted by Gasteiger charge is -2.27. The van der Waals surface area contributed by atoms with E-state index in [4.69, 9.17) is 4.74 Å². The van der Waals surface area contributed by atoms with Gasteiger partial charge in [-0.2, -0.15) is 0 Å². The van der Waals surface area contributed by atoms with Crippen LogP contribution in [0.4, 0.5) is 4.79 Å². The number of hydrogen-bond acceptors (Lipinski definition) is 5. The number of carbonyl (C=O) groups is 1. The number of aliphatic hydroxyl groups excluding tert-OH is 1. The number of aliphatic hydroxyl groups is 1. The van der Waals surface area contributed by atoms with Crippen molar-refractivity contribution in [3.63, 3.8) is 0 Å². The van der Waals surface area contributed by atoms with Gasteiger partial charge in [-0.05, 0) is 37.5 Å². The summed E-state index contributed by atoms with van der Waals surface area (Å²) >= 11 is 0. The monoisotopic (exact) mass is 391 g/mol. The largest absolute Gasteiger partial charge is 0.443 e. The summed E-state index contributed by atoms with van der Waals surface area (Å²) in [4.78, 5) is 12.2. The molecule has 0 aliphatic carbocycles. The summed E-state index contributed by atoms with van der Waals surface area (Å²) in [5, 5.41) is 10.4. The molecule has 2 aromatic carbocycles. The Labute approximate surface area is 160 Å². The smallest absolute Gasteiger partial charge is 0.424 e. The van der Waals surface area contributed by atoms with E-state index in [-0.39, 0.29) is 0 Å². The molecule has 0 bridgehead atoms. The van der Waals surface area contributed by atoms with Gasteiger partial charge in [0.2, 0.25) is 10.0 Å². The van der Waals surface area contributed by atoms with Crippen molar-refractivity contribution in [3.8, 4) is 11.1 Å². The first-order valence-corrected chi connectivity index (χ1v) is 10.4. The maximum atomic E-state index is 12.2. The number of carbonyl (C=O) groups excluding carboxylic acids is 1. The molecule has 2 rings (SSSR count). The van der Waals surface area contributed by atoms with Crippen LogP contribution in [0.5, 0.6) is 0 Å². The third-order valence-corrected chi connectivity index (χ3v) is 4.84. The van der Waals surface area contributed by atoms with Crippen LogP contribution in [-0.4, -0.2) is 42.3 Å². The Balaban J connectivity index is 2.17. The minimum atomic E-state index is -3.89. The lowest BCUT2D eigenvalue weighted by atomic mass is 10.0. The molecular weight excluding hydrogens is 366 g/mol. The quantitative estimate of drug-likeness (QED) is 0.842. The Hall–Kier alpha value is -2.38. The molecule has 2 aromatic rings. The zero-order chi connectivity index (χ0) is 20.2. The predicted octanol–water partition coefficient (Wildman–Crippen LogP) is 3.58. The molecule has 0 spiro atoms. The van der Waals surface area contributed by atoms with E-state index in [2.05, 4.69) is 0 Å². The van der Waals surface area contributed by atoms with Crippen molar-refractivity contribution in [3.05, 3.63) is 60.2 Å². The van der Waals surface area contributed by atoms with Crippen molar-refractivity contribution in [1.82, 2.24) is 4.31 Å². The first-order chi connectivity index (χ1) is 12.5. The molecule has 1 atom stereocenters. The molecule has 6 nitrogen and oxygen atoms in total. The van der Waals surface area contributed by atoms with Crippen LogP contribution >= 0.6 is 0 Å². The van der Waals surface area contributed by atoms with E-state index in [1.165, 1.54) is 0 Å². The number of amides is 1. The van der Waals surface area contributed by atoms with Gasteiger partial charge in [-0.3, -0.25) is 0 Å². The van der Waals surface area contributed by atoms with Crippen molar-refractivity contribution in [2.75, 3.05) is 12.8 Å². The molecule has 1 N–H and O–H groups in total. The molecule has 0 radical (unpaired) electrons. The highest BCUT2D eigenvalue weighted by Crippen LogP contribution is 2.23. The fourth-order valence-corrected chi connectivity index (χ4v) is 3.17. The van der Waals surface area contributed by atoms with Crippen molar-refractivity contribution >= 4 is 16.1 Å². The van der Waals surface area contributed by atoms with Crippen LogP contribution in [0.25, 0.3) is 11.1 Å². The average molecular weight is 391 g/mol. The topological polar surface area (TPSA) is 83.9 Å². The molecule has 0 fully saturated rings. The van der Waals surface area contributed by atoms with Crippen molar-refractivity contribution in [2.24, 2.45) is 0 Å². The molecule has 7 heteroatoms. The number of ether oxygens (including phenoxy) is 1. The summed E-state index contributed by atoms with van der Waals surface area (Å²) in [6.07, 6.45) is -1.27. The fraction of sp³-hybridized carbons (Fsp3) is 0.350. The molecule has 0 heterocycles. The number of rotatable bonds is 5. The highest BCUT2D eigenvalue weighted by atomic mass is 32.2. The molecule has 146 valence electrons. The summed E-state index contributed by atoms with van der Waals surface area (Å²) in [6.45, 7) is 4.51. The number of sulfonamides is 1. The molecule has 0 saturated heterocycles. The zero-order valence-electron chi connectivity index (χ0n) is 15.9. The SMILES string of the molecule is CC(C)(C)OC(=O)N(CC(O)c1ccc(-c2ccccc2)cc1)S(C)(=O)=O. The molecule has 0 aliphatic rings. The zero-order valence-corrected chi connectivity index (χ0v) is 16.7. The van der Waals surface area contributed by atoms with Crippen LogP contribution in [0, 0.1) is 0 Å². The lowest BCUT2D eigenvalue weighted by molar-refractivity contribution is 0.0322. The minimum absolute atomic E-state index is 0.418. The third kappa shape index (κ3) is 6.08. The van der Waals surface area contributed by atoms with Crippen LogP contribution in [0.3, 0.4) is 0 Å². The Kier molecular flexibility index (Phi) is 6.28. The van der Waals surface area contributed by atoms with Gasteiger partial charge in [0.1, 0.15) is 5.60 Å². The highest BCUT2D eigenvalue weighted by Gasteiger charge is 2.30. The van der Waals surface area contributed by atoms with E-state index in [1.54, 1.807) is 32.9 Å². The van der Waals surface area contributed by atoms with Gasteiger partial charge in [0.25, 0.3) is 0 Å². The van der Waals surface area contributed by atoms with E-state index < -0.39 is 34.4 Å². The van der Waals surface area contributed by atoms with E-state index >= 15 is 0 Å². The second-order valence-corrected chi connectivity index (χ2v) is 9.19. The van der Waals surface area contributed by atoms with Crippen molar-refractivity contribution in [1.29, 1.82) is 0 Å². The Morgan fingerprint density at radius 2 is 1.56 bits per heavy atom. The maximum absolute atomic E-state index is 12.2. The predicted molar refractivity (Wildman–Crippen MR) is 105 cm³/mol. The molecule has 0 aromatic heterocycles. The van der Waals surface area contributed by atoms with E-state index in [9.17, 15) is 18.3 Å². The molecule has 0 aliphatic heterocycles. The highest BCUT2D eigenvalue weighted by molar-refractivity contribution is 7.88. The van der Waals surface area contributed by atoms with E-state index in [1.807, 2.05) is 42.5 Å². The van der Waals surface area contributed by atoms with Crippen LogP contribution in [0.1, 0.15) is 32.4 Å².